The van der Waals surface area contributed by atoms with Crippen LogP contribution in [0.5, 0.6) is 0 Å². The third-order valence-corrected chi connectivity index (χ3v) is 4.18. The van der Waals surface area contributed by atoms with Gasteiger partial charge in [-0.2, -0.15) is 0 Å². The Kier molecular flexibility index (Phi) is 3.39. The fourth-order valence-corrected chi connectivity index (χ4v) is 3.04. The summed E-state index contributed by atoms with van der Waals surface area (Å²) in [5, 5.41) is 5.38. The molecule has 6 nitrogen and oxygen atoms in total. The van der Waals surface area contributed by atoms with Crippen molar-refractivity contribution in [2.24, 2.45) is 0 Å². The van der Waals surface area contributed by atoms with Gasteiger partial charge in [0.1, 0.15) is 0 Å². The number of aromatic nitrogens is 3. The summed E-state index contributed by atoms with van der Waals surface area (Å²) in [6.07, 6.45) is 1.79. The van der Waals surface area contributed by atoms with Gasteiger partial charge in [0.15, 0.2) is 10.8 Å². The minimum Gasteiger partial charge on any atom is -0.462 e. The van der Waals surface area contributed by atoms with E-state index >= 15 is 0 Å². The Morgan fingerprint density at radius 3 is 2.96 bits per heavy atom. The third kappa shape index (κ3) is 2.86. The number of thiazole rings is 1. The molecule has 0 aliphatic carbocycles. The van der Waals surface area contributed by atoms with E-state index in [-0.39, 0.29) is 12.3 Å². The number of rotatable bonds is 4. The predicted octanol–water partition coefficient (Wildman–Crippen LogP) is 3.46. The average Bonchev–Trinajstić information content (AvgIpc) is 3.26. The number of H-pyrrole nitrogens is 1. The highest BCUT2D eigenvalue weighted by atomic mass is 32.1. The molecule has 114 valence electrons. The van der Waals surface area contributed by atoms with Crippen molar-refractivity contribution in [3.8, 4) is 10.8 Å². The molecule has 4 aromatic rings. The number of nitrogens with zero attached hydrogens (tertiary/aromatic N) is 2. The number of para-hydroxylation sites is 2. The van der Waals surface area contributed by atoms with Gasteiger partial charge < -0.3 is 9.40 Å². The molecule has 0 spiro atoms. The highest BCUT2D eigenvalue weighted by Crippen LogP contribution is 2.24. The first-order valence-corrected chi connectivity index (χ1v) is 7.89. The van der Waals surface area contributed by atoms with Crippen molar-refractivity contribution in [3.63, 3.8) is 0 Å². The molecule has 0 bridgehead atoms. The fourth-order valence-electron chi connectivity index (χ4n) is 2.25. The van der Waals surface area contributed by atoms with Gasteiger partial charge >= 0.3 is 0 Å². The molecule has 0 saturated heterocycles. The molecule has 0 fully saturated rings. The van der Waals surface area contributed by atoms with E-state index in [4.69, 9.17) is 4.42 Å². The Balaban J connectivity index is 1.45. The molecule has 0 saturated carbocycles. The number of carbonyl (C=O) groups excluding carboxylic acids is 1. The van der Waals surface area contributed by atoms with E-state index in [0.29, 0.717) is 17.4 Å². The van der Waals surface area contributed by atoms with E-state index in [1.165, 1.54) is 11.3 Å². The average molecular weight is 324 g/mol. The third-order valence-electron chi connectivity index (χ3n) is 3.27. The first-order chi connectivity index (χ1) is 11.3. The summed E-state index contributed by atoms with van der Waals surface area (Å²) in [6.45, 7) is 0. The van der Waals surface area contributed by atoms with E-state index in [9.17, 15) is 4.79 Å². The van der Waals surface area contributed by atoms with E-state index in [1.54, 1.807) is 6.26 Å². The number of benzene rings is 1. The highest BCUT2D eigenvalue weighted by molar-refractivity contribution is 7.13. The molecule has 3 heterocycles. The molecule has 0 atom stereocenters. The first-order valence-electron chi connectivity index (χ1n) is 7.01. The number of aromatic amines is 1. The maximum atomic E-state index is 12.1. The maximum absolute atomic E-state index is 12.1. The van der Waals surface area contributed by atoms with Crippen LogP contribution in [-0.2, 0) is 11.2 Å². The minimum atomic E-state index is -0.166. The van der Waals surface area contributed by atoms with Crippen LogP contribution in [-0.4, -0.2) is 20.9 Å². The van der Waals surface area contributed by atoms with E-state index in [2.05, 4.69) is 20.3 Å². The standard InChI is InChI=1S/C16H12N4O2S/c21-14(20-16-18-11-4-1-2-5-12(11)19-16)8-10-9-23-15(17-10)13-6-3-7-22-13/h1-7,9H,8H2,(H2,18,19,20,21). The molecule has 4 rings (SSSR count). The van der Waals surface area contributed by atoms with Gasteiger partial charge in [-0.05, 0) is 24.3 Å². The SMILES string of the molecule is O=C(Cc1csc(-c2ccco2)n1)Nc1nc2ccccc2[nH]1. The lowest BCUT2D eigenvalue weighted by Gasteiger charge is -1.99. The molecule has 2 N–H and O–H groups in total. The smallest absolute Gasteiger partial charge is 0.232 e. The van der Waals surface area contributed by atoms with Gasteiger partial charge in [0.25, 0.3) is 0 Å². The number of imidazole rings is 1. The number of anilines is 1. The molecular weight excluding hydrogens is 312 g/mol. The van der Waals surface area contributed by atoms with Crippen molar-refractivity contribution in [3.05, 3.63) is 53.7 Å². The predicted molar refractivity (Wildman–Crippen MR) is 88.2 cm³/mol. The lowest BCUT2D eigenvalue weighted by molar-refractivity contribution is -0.115. The zero-order chi connectivity index (χ0) is 15.6. The molecule has 0 aliphatic heterocycles. The molecule has 23 heavy (non-hydrogen) atoms. The summed E-state index contributed by atoms with van der Waals surface area (Å²) in [5.41, 5.74) is 2.41. The van der Waals surface area contributed by atoms with Crippen LogP contribution < -0.4 is 5.32 Å². The van der Waals surface area contributed by atoms with E-state index in [0.717, 1.165) is 16.0 Å². The van der Waals surface area contributed by atoms with Crippen molar-refractivity contribution in [2.75, 3.05) is 5.32 Å². The lowest BCUT2D eigenvalue weighted by atomic mass is 10.3. The molecule has 7 heteroatoms. The van der Waals surface area contributed by atoms with Crippen molar-refractivity contribution < 1.29 is 9.21 Å². The quantitative estimate of drug-likeness (QED) is 0.602. The molecule has 1 aromatic carbocycles. The summed E-state index contributed by atoms with van der Waals surface area (Å²) in [4.78, 5) is 23.9. The van der Waals surface area contributed by atoms with Crippen LogP contribution in [0.2, 0.25) is 0 Å². The van der Waals surface area contributed by atoms with Crippen molar-refractivity contribution >= 4 is 34.2 Å². The van der Waals surface area contributed by atoms with Crippen molar-refractivity contribution in [2.45, 2.75) is 6.42 Å². The summed E-state index contributed by atoms with van der Waals surface area (Å²) in [7, 11) is 0. The summed E-state index contributed by atoms with van der Waals surface area (Å²) in [5.74, 6) is 0.983. The summed E-state index contributed by atoms with van der Waals surface area (Å²) >= 11 is 1.45. The van der Waals surface area contributed by atoms with Gasteiger partial charge in [-0.1, -0.05) is 12.1 Å². The molecule has 0 aliphatic rings. The lowest BCUT2D eigenvalue weighted by Crippen LogP contribution is -2.15. The molecule has 1 amide bonds. The molecule has 0 unspecified atom stereocenters. The van der Waals surface area contributed by atoms with Gasteiger partial charge in [0.05, 0.1) is 29.4 Å². The number of hydrogen-bond acceptors (Lipinski definition) is 5. The second-order valence-corrected chi connectivity index (χ2v) is 5.81. The second-order valence-electron chi connectivity index (χ2n) is 4.95. The minimum absolute atomic E-state index is 0.166. The van der Waals surface area contributed by atoms with Crippen molar-refractivity contribution in [1.82, 2.24) is 15.0 Å². The van der Waals surface area contributed by atoms with Gasteiger partial charge in [0, 0.05) is 5.38 Å². The number of fused-ring (bicyclic) bond motifs is 1. The summed E-state index contributed by atoms with van der Waals surface area (Å²) < 4.78 is 5.30. The van der Waals surface area contributed by atoms with E-state index < -0.39 is 0 Å². The van der Waals surface area contributed by atoms with E-state index in [1.807, 2.05) is 41.8 Å². The Morgan fingerprint density at radius 1 is 1.22 bits per heavy atom. The largest absolute Gasteiger partial charge is 0.462 e. The zero-order valence-electron chi connectivity index (χ0n) is 11.9. The topological polar surface area (TPSA) is 83.8 Å². The monoisotopic (exact) mass is 324 g/mol. The second kappa shape index (κ2) is 5.69. The normalized spacial score (nSPS) is 11.0. The fraction of sp³-hybridized carbons (Fsp3) is 0.0625. The molecule has 0 radical (unpaired) electrons. The number of amides is 1. The Hall–Kier alpha value is -2.93. The number of nitrogens with one attached hydrogen (secondary N) is 2. The first kappa shape index (κ1) is 13.7. The Bertz CT molecular complexity index is 922. The Morgan fingerprint density at radius 2 is 2.13 bits per heavy atom. The zero-order valence-corrected chi connectivity index (χ0v) is 12.8. The number of hydrogen-bond donors (Lipinski definition) is 2. The van der Waals surface area contributed by atoms with Gasteiger partial charge in [0.2, 0.25) is 11.9 Å². The van der Waals surface area contributed by atoms with Gasteiger partial charge in [-0.25, -0.2) is 9.97 Å². The van der Waals surface area contributed by atoms with Crippen LogP contribution in [0.4, 0.5) is 5.95 Å². The van der Waals surface area contributed by atoms with Crippen LogP contribution in [0.1, 0.15) is 5.69 Å². The van der Waals surface area contributed by atoms with Gasteiger partial charge in [-0.15, -0.1) is 11.3 Å². The van der Waals surface area contributed by atoms with Crippen LogP contribution in [0.3, 0.4) is 0 Å². The Labute approximate surface area is 135 Å². The summed E-state index contributed by atoms with van der Waals surface area (Å²) in [6, 6.07) is 11.3. The number of carbonyl (C=O) groups is 1. The highest BCUT2D eigenvalue weighted by Gasteiger charge is 2.12. The van der Waals surface area contributed by atoms with Crippen LogP contribution >= 0.6 is 11.3 Å². The van der Waals surface area contributed by atoms with Gasteiger partial charge in [-0.3, -0.25) is 10.1 Å². The van der Waals surface area contributed by atoms with Crippen LogP contribution in [0, 0.1) is 0 Å². The van der Waals surface area contributed by atoms with Crippen LogP contribution in [0.25, 0.3) is 21.8 Å². The molecular formula is C16H12N4O2S. The maximum Gasteiger partial charge on any atom is 0.232 e. The number of furan rings is 1. The molecule has 3 aromatic heterocycles. The van der Waals surface area contributed by atoms with Crippen molar-refractivity contribution in [1.29, 1.82) is 0 Å². The van der Waals surface area contributed by atoms with Crippen LogP contribution in [0.15, 0.2) is 52.5 Å².